The van der Waals surface area contributed by atoms with Crippen molar-refractivity contribution in [2.24, 2.45) is 0 Å². The molecule has 2 N–H and O–H groups in total. The molecule has 1 heterocycles. The Morgan fingerprint density at radius 3 is 2.25 bits per heavy atom. The maximum Gasteiger partial charge on any atom is 0.272 e. The number of ether oxygens (including phenoxy) is 2. The average molecular weight is 352 g/mol. The van der Waals surface area contributed by atoms with Gasteiger partial charge in [-0.3, -0.25) is 4.79 Å². The summed E-state index contributed by atoms with van der Waals surface area (Å²) in [6.45, 7) is 1.10. The van der Waals surface area contributed by atoms with Gasteiger partial charge >= 0.3 is 0 Å². The molecule has 2 aromatic rings. The lowest BCUT2D eigenvalue weighted by Gasteiger charge is -2.22. The molecule has 1 aromatic carbocycles. The van der Waals surface area contributed by atoms with E-state index in [0.29, 0.717) is 9.99 Å². The molecule has 0 atom stereocenters. The summed E-state index contributed by atoms with van der Waals surface area (Å²) < 4.78 is 36.4. The summed E-state index contributed by atoms with van der Waals surface area (Å²) in [5, 5.41) is 0. The Morgan fingerprint density at radius 2 is 1.75 bits per heavy atom. The third kappa shape index (κ3) is 3.08. The SMILES string of the molecule is COc1ncnc(N(C(C)=O)S(=O)(=O)c2ccc(N)cc2)c1OC. The maximum atomic E-state index is 12.9. The van der Waals surface area contributed by atoms with E-state index in [1.807, 2.05) is 0 Å². The molecule has 2 rings (SSSR count). The summed E-state index contributed by atoms with van der Waals surface area (Å²) in [6.07, 6.45) is 1.07. The monoisotopic (exact) mass is 352 g/mol. The summed E-state index contributed by atoms with van der Waals surface area (Å²) in [5.41, 5.74) is 5.96. The second-order valence-electron chi connectivity index (χ2n) is 4.60. The standard InChI is InChI=1S/C14H16N4O5S/c1-9(19)18(13-12(22-2)14(23-3)17-8-16-13)24(20,21)11-6-4-10(15)5-7-11/h4-8H,15H2,1-3H3. The summed E-state index contributed by atoms with van der Waals surface area (Å²) >= 11 is 0. The van der Waals surface area contributed by atoms with E-state index in [4.69, 9.17) is 15.2 Å². The lowest BCUT2D eigenvalue weighted by molar-refractivity contribution is -0.115. The number of hydrogen-bond donors (Lipinski definition) is 1. The van der Waals surface area contributed by atoms with Crippen LogP contribution in [0, 0.1) is 0 Å². The number of methoxy groups -OCH3 is 2. The number of carbonyl (C=O) groups is 1. The number of anilines is 2. The second kappa shape index (κ2) is 6.71. The van der Waals surface area contributed by atoms with Crippen LogP contribution in [0.1, 0.15) is 6.92 Å². The Kier molecular flexibility index (Phi) is 4.88. The van der Waals surface area contributed by atoms with Gasteiger partial charge in [0.05, 0.1) is 19.1 Å². The highest BCUT2D eigenvalue weighted by atomic mass is 32.2. The van der Waals surface area contributed by atoms with Crippen LogP contribution in [0.3, 0.4) is 0 Å². The molecular weight excluding hydrogens is 336 g/mol. The van der Waals surface area contributed by atoms with Crippen LogP contribution in [0.2, 0.25) is 0 Å². The van der Waals surface area contributed by atoms with Crippen molar-refractivity contribution in [2.45, 2.75) is 11.8 Å². The third-order valence-electron chi connectivity index (χ3n) is 3.05. The van der Waals surface area contributed by atoms with E-state index in [-0.39, 0.29) is 22.3 Å². The Balaban J connectivity index is 2.67. The van der Waals surface area contributed by atoms with Gasteiger partial charge in [-0.2, -0.15) is 9.29 Å². The predicted octanol–water partition coefficient (Wildman–Crippen LogP) is 0.818. The zero-order valence-corrected chi connectivity index (χ0v) is 14.1. The molecular formula is C14H16N4O5S. The van der Waals surface area contributed by atoms with Gasteiger partial charge in [0.2, 0.25) is 11.7 Å². The van der Waals surface area contributed by atoms with Gasteiger partial charge in [0.1, 0.15) is 6.33 Å². The van der Waals surface area contributed by atoms with Gasteiger partial charge < -0.3 is 15.2 Å². The van der Waals surface area contributed by atoms with Gasteiger partial charge in [0, 0.05) is 12.6 Å². The maximum absolute atomic E-state index is 12.9. The molecule has 128 valence electrons. The van der Waals surface area contributed by atoms with Crippen LogP contribution >= 0.6 is 0 Å². The normalized spacial score (nSPS) is 11.0. The topological polar surface area (TPSA) is 125 Å². The van der Waals surface area contributed by atoms with E-state index in [1.54, 1.807) is 0 Å². The molecule has 0 fully saturated rings. The van der Waals surface area contributed by atoms with Gasteiger partial charge in [0.15, 0.2) is 5.82 Å². The number of rotatable bonds is 5. The van der Waals surface area contributed by atoms with Crippen LogP contribution in [0.4, 0.5) is 11.5 Å². The van der Waals surface area contributed by atoms with Gasteiger partial charge in [-0.25, -0.2) is 13.4 Å². The van der Waals surface area contributed by atoms with Crippen molar-refractivity contribution >= 4 is 27.4 Å². The van der Waals surface area contributed by atoms with Crippen molar-refractivity contribution in [1.82, 2.24) is 9.97 Å². The van der Waals surface area contributed by atoms with Crippen molar-refractivity contribution in [3.63, 3.8) is 0 Å². The minimum absolute atomic E-state index is 0.00116. The first-order valence-corrected chi connectivity index (χ1v) is 8.11. The van der Waals surface area contributed by atoms with E-state index in [9.17, 15) is 13.2 Å². The van der Waals surface area contributed by atoms with E-state index in [1.165, 1.54) is 38.5 Å². The quantitative estimate of drug-likeness (QED) is 0.784. The molecule has 0 unspecified atom stereocenters. The second-order valence-corrected chi connectivity index (χ2v) is 6.38. The van der Waals surface area contributed by atoms with Crippen molar-refractivity contribution in [3.05, 3.63) is 30.6 Å². The zero-order chi connectivity index (χ0) is 17.9. The largest absolute Gasteiger partial charge is 0.489 e. The van der Waals surface area contributed by atoms with Gasteiger partial charge in [-0.1, -0.05) is 0 Å². The molecule has 0 bridgehead atoms. The molecule has 10 heteroatoms. The first kappa shape index (κ1) is 17.5. The van der Waals surface area contributed by atoms with Crippen molar-refractivity contribution in [2.75, 3.05) is 24.3 Å². The van der Waals surface area contributed by atoms with Crippen molar-refractivity contribution in [1.29, 1.82) is 0 Å². The number of nitrogens with zero attached hydrogens (tertiary/aromatic N) is 3. The average Bonchev–Trinajstić information content (AvgIpc) is 2.54. The summed E-state index contributed by atoms with van der Waals surface area (Å²) in [7, 11) is -1.60. The number of benzene rings is 1. The number of amides is 1. The lowest BCUT2D eigenvalue weighted by atomic mass is 10.3. The molecule has 0 spiro atoms. The molecule has 1 amide bonds. The lowest BCUT2D eigenvalue weighted by Crippen LogP contribution is -2.36. The first-order chi connectivity index (χ1) is 11.3. The predicted molar refractivity (Wildman–Crippen MR) is 86.3 cm³/mol. The van der Waals surface area contributed by atoms with Crippen LogP contribution < -0.4 is 19.5 Å². The molecule has 0 aliphatic carbocycles. The number of sulfonamides is 1. The van der Waals surface area contributed by atoms with Crippen LogP contribution in [-0.2, 0) is 14.8 Å². The number of nitrogen functional groups attached to an aromatic ring is 1. The number of aromatic nitrogens is 2. The van der Waals surface area contributed by atoms with Crippen molar-refractivity contribution < 1.29 is 22.7 Å². The van der Waals surface area contributed by atoms with E-state index in [2.05, 4.69) is 9.97 Å². The van der Waals surface area contributed by atoms with Gasteiger partial charge in [0.25, 0.3) is 15.9 Å². The van der Waals surface area contributed by atoms with E-state index in [0.717, 1.165) is 13.3 Å². The number of nitrogens with two attached hydrogens (primary N) is 1. The smallest absolute Gasteiger partial charge is 0.272 e. The van der Waals surface area contributed by atoms with Crippen LogP contribution in [-0.4, -0.2) is 38.5 Å². The molecule has 0 saturated heterocycles. The highest BCUT2D eigenvalue weighted by Crippen LogP contribution is 2.36. The summed E-state index contributed by atoms with van der Waals surface area (Å²) in [6, 6.07) is 5.43. The highest BCUT2D eigenvalue weighted by Gasteiger charge is 2.33. The number of hydrogen-bond acceptors (Lipinski definition) is 8. The summed E-state index contributed by atoms with van der Waals surface area (Å²) in [5.74, 6) is -1.09. The van der Waals surface area contributed by atoms with Crippen LogP contribution in [0.25, 0.3) is 0 Å². The Hall–Kier alpha value is -2.88. The molecule has 0 aliphatic rings. The fourth-order valence-corrected chi connectivity index (χ4v) is 3.38. The van der Waals surface area contributed by atoms with Gasteiger partial charge in [-0.05, 0) is 24.3 Å². The fraction of sp³-hybridized carbons (Fsp3) is 0.214. The Morgan fingerprint density at radius 1 is 1.12 bits per heavy atom. The third-order valence-corrected chi connectivity index (χ3v) is 4.83. The van der Waals surface area contributed by atoms with Crippen LogP contribution in [0.15, 0.2) is 35.5 Å². The molecule has 24 heavy (non-hydrogen) atoms. The van der Waals surface area contributed by atoms with E-state index >= 15 is 0 Å². The molecule has 0 saturated carbocycles. The molecule has 0 radical (unpaired) electrons. The molecule has 0 aliphatic heterocycles. The Bertz CT molecular complexity index is 852. The molecule has 1 aromatic heterocycles. The first-order valence-electron chi connectivity index (χ1n) is 6.67. The Labute approximate surface area is 139 Å². The molecule has 9 nitrogen and oxygen atoms in total. The van der Waals surface area contributed by atoms with Gasteiger partial charge in [-0.15, -0.1) is 0 Å². The fourth-order valence-electron chi connectivity index (χ4n) is 1.99. The summed E-state index contributed by atoms with van der Waals surface area (Å²) in [4.78, 5) is 19.6. The minimum Gasteiger partial charge on any atom is -0.489 e. The number of carbonyl (C=O) groups excluding carboxylic acids is 1. The minimum atomic E-state index is -4.23. The zero-order valence-electron chi connectivity index (χ0n) is 13.3. The highest BCUT2D eigenvalue weighted by molar-refractivity contribution is 7.93. The van der Waals surface area contributed by atoms with Crippen molar-refractivity contribution in [3.8, 4) is 11.6 Å². The van der Waals surface area contributed by atoms with E-state index < -0.39 is 15.9 Å². The van der Waals surface area contributed by atoms with Crippen LogP contribution in [0.5, 0.6) is 11.6 Å².